The average Bonchev–Trinajstić information content (AvgIpc) is 2.82. The fourth-order valence-electron chi connectivity index (χ4n) is 2.05. The van der Waals surface area contributed by atoms with Gasteiger partial charge in [-0.2, -0.15) is 0 Å². The monoisotopic (exact) mass is 312 g/mol. The van der Waals surface area contributed by atoms with Gasteiger partial charge in [0, 0.05) is 30.0 Å². The standard InChI is InChI=1S/C13H17BrN2O2/c1-8(13(17)15-2)16-7-10-6-11(14)5-9-3-4-18-12(9)10/h5-6,8,16H,3-4,7H2,1-2H3,(H,15,17). The third-order valence-corrected chi connectivity index (χ3v) is 3.52. The smallest absolute Gasteiger partial charge is 0.236 e. The lowest BCUT2D eigenvalue weighted by Crippen LogP contribution is -2.40. The van der Waals surface area contributed by atoms with Gasteiger partial charge >= 0.3 is 0 Å². The van der Waals surface area contributed by atoms with E-state index in [0.717, 1.165) is 28.8 Å². The lowest BCUT2D eigenvalue weighted by Gasteiger charge is -2.14. The van der Waals surface area contributed by atoms with Gasteiger partial charge in [-0.05, 0) is 24.6 Å². The normalized spacial score (nSPS) is 14.8. The van der Waals surface area contributed by atoms with Crippen LogP contribution in [0.4, 0.5) is 0 Å². The molecule has 0 spiro atoms. The summed E-state index contributed by atoms with van der Waals surface area (Å²) in [4.78, 5) is 11.4. The van der Waals surface area contributed by atoms with Gasteiger partial charge in [-0.25, -0.2) is 0 Å². The first-order chi connectivity index (χ1) is 8.61. The van der Waals surface area contributed by atoms with Crippen molar-refractivity contribution in [1.29, 1.82) is 0 Å². The number of carbonyl (C=O) groups is 1. The Kier molecular flexibility index (Phi) is 4.24. The van der Waals surface area contributed by atoms with Crippen LogP contribution in [0, 0.1) is 0 Å². The minimum absolute atomic E-state index is 0.0115. The number of nitrogens with one attached hydrogen (secondary N) is 2. The lowest BCUT2D eigenvalue weighted by molar-refractivity contribution is -0.122. The molecule has 1 atom stereocenters. The maximum absolute atomic E-state index is 11.4. The van der Waals surface area contributed by atoms with Crippen molar-refractivity contribution in [2.75, 3.05) is 13.7 Å². The molecule has 0 aliphatic carbocycles. The van der Waals surface area contributed by atoms with Crippen LogP contribution in [0.2, 0.25) is 0 Å². The zero-order chi connectivity index (χ0) is 13.1. The molecule has 1 aliphatic rings. The number of fused-ring (bicyclic) bond motifs is 1. The summed E-state index contributed by atoms with van der Waals surface area (Å²) in [6.45, 7) is 3.21. The number of halogens is 1. The molecular weight excluding hydrogens is 296 g/mol. The van der Waals surface area contributed by atoms with Crippen LogP contribution in [0.5, 0.6) is 5.75 Å². The number of benzene rings is 1. The minimum Gasteiger partial charge on any atom is -0.493 e. The van der Waals surface area contributed by atoms with Crippen molar-refractivity contribution in [3.63, 3.8) is 0 Å². The highest BCUT2D eigenvalue weighted by atomic mass is 79.9. The molecule has 0 fully saturated rings. The average molecular weight is 313 g/mol. The minimum atomic E-state index is -0.217. The van der Waals surface area contributed by atoms with Crippen LogP contribution >= 0.6 is 15.9 Å². The zero-order valence-electron chi connectivity index (χ0n) is 10.5. The molecule has 1 aliphatic heterocycles. The second-order valence-electron chi connectivity index (χ2n) is 4.37. The fraction of sp³-hybridized carbons (Fsp3) is 0.462. The summed E-state index contributed by atoms with van der Waals surface area (Å²) in [5.41, 5.74) is 2.32. The Labute approximate surface area is 115 Å². The maximum atomic E-state index is 11.4. The van der Waals surface area contributed by atoms with Crippen LogP contribution in [0.15, 0.2) is 16.6 Å². The molecule has 5 heteroatoms. The Morgan fingerprint density at radius 1 is 1.56 bits per heavy atom. The summed E-state index contributed by atoms with van der Waals surface area (Å²) < 4.78 is 6.69. The molecular formula is C13H17BrN2O2. The van der Waals surface area contributed by atoms with E-state index in [-0.39, 0.29) is 11.9 Å². The SMILES string of the molecule is CNC(=O)C(C)NCc1cc(Br)cc2c1OCC2. The summed E-state index contributed by atoms with van der Waals surface area (Å²) in [7, 11) is 1.64. The van der Waals surface area contributed by atoms with Crippen molar-refractivity contribution in [3.8, 4) is 5.75 Å². The summed E-state index contributed by atoms with van der Waals surface area (Å²) in [6, 6.07) is 3.91. The molecule has 1 aromatic carbocycles. The maximum Gasteiger partial charge on any atom is 0.236 e. The Hall–Kier alpha value is -1.07. The number of hydrogen-bond donors (Lipinski definition) is 2. The highest BCUT2D eigenvalue weighted by molar-refractivity contribution is 9.10. The van der Waals surface area contributed by atoms with Gasteiger partial charge in [0.05, 0.1) is 12.6 Å². The van der Waals surface area contributed by atoms with Crippen molar-refractivity contribution < 1.29 is 9.53 Å². The Bertz CT molecular complexity index is 463. The fourth-order valence-corrected chi connectivity index (χ4v) is 2.60. The summed E-state index contributed by atoms with van der Waals surface area (Å²) in [5.74, 6) is 0.956. The van der Waals surface area contributed by atoms with Crippen molar-refractivity contribution >= 4 is 21.8 Å². The lowest BCUT2D eigenvalue weighted by atomic mass is 10.1. The Morgan fingerprint density at radius 3 is 3.06 bits per heavy atom. The molecule has 1 amide bonds. The summed E-state index contributed by atoms with van der Waals surface area (Å²) in [6.07, 6.45) is 0.951. The van der Waals surface area contributed by atoms with E-state index in [1.54, 1.807) is 7.05 Å². The molecule has 0 aromatic heterocycles. The number of ether oxygens (including phenoxy) is 1. The molecule has 0 radical (unpaired) electrons. The van der Waals surface area contributed by atoms with Gasteiger partial charge in [-0.3, -0.25) is 4.79 Å². The van der Waals surface area contributed by atoms with Crippen LogP contribution in [0.1, 0.15) is 18.1 Å². The van der Waals surface area contributed by atoms with E-state index in [4.69, 9.17) is 4.74 Å². The van der Waals surface area contributed by atoms with E-state index in [1.165, 1.54) is 5.56 Å². The van der Waals surface area contributed by atoms with Crippen LogP contribution in [-0.2, 0) is 17.8 Å². The molecule has 1 aromatic rings. The van der Waals surface area contributed by atoms with Gasteiger partial charge in [-0.1, -0.05) is 15.9 Å². The van der Waals surface area contributed by atoms with Gasteiger partial charge in [-0.15, -0.1) is 0 Å². The molecule has 2 rings (SSSR count). The third-order valence-electron chi connectivity index (χ3n) is 3.06. The molecule has 1 unspecified atom stereocenters. The highest BCUT2D eigenvalue weighted by Gasteiger charge is 2.18. The molecule has 4 nitrogen and oxygen atoms in total. The number of likely N-dealkylation sites (N-methyl/N-ethyl adjacent to an activating group) is 1. The number of hydrogen-bond acceptors (Lipinski definition) is 3. The molecule has 18 heavy (non-hydrogen) atoms. The van der Waals surface area contributed by atoms with Crippen molar-refractivity contribution in [2.24, 2.45) is 0 Å². The van der Waals surface area contributed by atoms with Gasteiger partial charge in [0.25, 0.3) is 0 Å². The van der Waals surface area contributed by atoms with E-state index in [9.17, 15) is 4.79 Å². The topological polar surface area (TPSA) is 50.4 Å². The molecule has 2 N–H and O–H groups in total. The van der Waals surface area contributed by atoms with Gasteiger partial charge in [0.1, 0.15) is 5.75 Å². The molecule has 0 saturated carbocycles. The molecule has 98 valence electrons. The van der Waals surface area contributed by atoms with E-state index < -0.39 is 0 Å². The van der Waals surface area contributed by atoms with Crippen LogP contribution in [-0.4, -0.2) is 25.6 Å². The molecule has 0 bridgehead atoms. The van der Waals surface area contributed by atoms with E-state index in [1.807, 2.05) is 13.0 Å². The van der Waals surface area contributed by atoms with E-state index in [0.29, 0.717) is 6.54 Å². The number of amides is 1. The number of carbonyl (C=O) groups excluding carboxylic acids is 1. The quantitative estimate of drug-likeness (QED) is 0.888. The van der Waals surface area contributed by atoms with Crippen LogP contribution < -0.4 is 15.4 Å². The van der Waals surface area contributed by atoms with Crippen molar-refractivity contribution in [2.45, 2.75) is 25.9 Å². The largest absolute Gasteiger partial charge is 0.493 e. The highest BCUT2D eigenvalue weighted by Crippen LogP contribution is 2.32. The van der Waals surface area contributed by atoms with Gasteiger partial charge in [0.2, 0.25) is 5.91 Å². The Balaban J connectivity index is 2.08. The molecule has 0 saturated heterocycles. The van der Waals surface area contributed by atoms with Gasteiger partial charge < -0.3 is 15.4 Å². The summed E-state index contributed by atoms with van der Waals surface area (Å²) >= 11 is 3.50. The number of rotatable bonds is 4. The first-order valence-corrected chi connectivity index (χ1v) is 6.80. The first-order valence-electron chi connectivity index (χ1n) is 6.01. The second-order valence-corrected chi connectivity index (χ2v) is 5.28. The van der Waals surface area contributed by atoms with Crippen LogP contribution in [0.3, 0.4) is 0 Å². The van der Waals surface area contributed by atoms with E-state index >= 15 is 0 Å². The first kappa shape index (κ1) is 13.4. The second kappa shape index (κ2) is 5.71. The van der Waals surface area contributed by atoms with E-state index in [2.05, 4.69) is 32.6 Å². The summed E-state index contributed by atoms with van der Waals surface area (Å²) in [5, 5.41) is 5.82. The predicted molar refractivity (Wildman–Crippen MR) is 73.7 cm³/mol. The Morgan fingerprint density at radius 2 is 2.33 bits per heavy atom. The van der Waals surface area contributed by atoms with Crippen LogP contribution in [0.25, 0.3) is 0 Å². The van der Waals surface area contributed by atoms with Crippen molar-refractivity contribution in [1.82, 2.24) is 10.6 Å². The zero-order valence-corrected chi connectivity index (χ0v) is 12.1. The third kappa shape index (κ3) is 2.84. The van der Waals surface area contributed by atoms with Gasteiger partial charge in [0.15, 0.2) is 0 Å². The molecule has 1 heterocycles. The van der Waals surface area contributed by atoms with Crippen molar-refractivity contribution in [3.05, 3.63) is 27.7 Å². The predicted octanol–water partition coefficient (Wildman–Crippen LogP) is 1.61.